The lowest BCUT2D eigenvalue weighted by atomic mass is 10.1. The van der Waals surface area contributed by atoms with Crippen LogP contribution in [0.25, 0.3) is 17.0 Å². The highest BCUT2D eigenvalue weighted by atomic mass is 19.1. The smallest absolute Gasteiger partial charge is 0.412 e. The van der Waals surface area contributed by atoms with Crippen molar-refractivity contribution in [1.29, 1.82) is 0 Å². The number of aromatic nitrogens is 5. The standard InChI is InChI=1S/C21H18F2N8O3/c22-11-6-15-16(26-7-11)14(5-10-3-1-2-4-13(10)23)30-31(15)20-28-18(24)17(19(25)29-20)27-21(32)34-12-8-33-9-12/h1-4,6-7,12H,5,8-9H2,(H,27,32)(H4,24,25,28,29). The van der Waals surface area contributed by atoms with Gasteiger partial charge in [-0.15, -0.1) is 0 Å². The molecular formula is C21H18F2N8O3. The number of anilines is 3. The summed E-state index contributed by atoms with van der Waals surface area (Å²) >= 11 is 0. The van der Waals surface area contributed by atoms with Crippen LogP contribution < -0.4 is 16.8 Å². The summed E-state index contributed by atoms with van der Waals surface area (Å²) in [5.74, 6) is -1.43. The summed E-state index contributed by atoms with van der Waals surface area (Å²) in [5.41, 5.74) is 13.3. The Balaban J connectivity index is 1.51. The zero-order chi connectivity index (χ0) is 23.8. The first kappa shape index (κ1) is 21.5. The summed E-state index contributed by atoms with van der Waals surface area (Å²) in [4.78, 5) is 24.5. The van der Waals surface area contributed by atoms with E-state index in [9.17, 15) is 13.6 Å². The fourth-order valence-corrected chi connectivity index (χ4v) is 3.40. The van der Waals surface area contributed by atoms with E-state index in [1.165, 1.54) is 16.8 Å². The van der Waals surface area contributed by atoms with Gasteiger partial charge in [-0.05, 0) is 11.6 Å². The molecule has 4 heterocycles. The number of rotatable bonds is 5. The molecule has 1 aromatic carbocycles. The van der Waals surface area contributed by atoms with E-state index in [0.29, 0.717) is 30.0 Å². The van der Waals surface area contributed by atoms with E-state index in [4.69, 9.17) is 20.9 Å². The maximum Gasteiger partial charge on any atom is 0.412 e. The lowest BCUT2D eigenvalue weighted by Crippen LogP contribution is -2.39. The molecule has 1 fully saturated rings. The van der Waals surface area contributed by atoms with Crippen LogP contribution in [0.15, 0.2) is 36.5 Å². The molecule has 3 aromatic heterocycles. The Morgan fingerprint density at radius 2 is 1.94 bits per heavy atom. The second-order valence-corrected chi connectivity index (χ2v) is 7.51. The lowest BCUT2D eigenvalue weighted by Gasteiger charge is -2.25. The quantitative estimate of drug-likeness (QED) is 0.399. The number of pyridine rings is 1. The molecule has 11 nitrogen and oxygen atoms in total. The van der Waals surface area contributed by atoms with E-state index in [1.54, 1.807) is 18.2 Å². The van der Waals surface area contributed by atoms with Gasteiger partial charge in [-0.2, -0.15) is 19.7 Å². The third kappa shape index (κ3) is 4.03. The number of hydrogen-bond donors (Lipinski definition) is 3. The number of fused-ring (bicyclic) bond motifs is 1. The number of nitrogens with zero attached hydrogens (tertiary/aromatic N) is 5. The first-order chi connectivity index (χ1) is 16.4. The van der Waals surface area contributed by atoms with Gasteiger partial charge in [-0.1, -0.05) is 18.2 Å². The molecule has 34 heavy (non-hydrogen) atoms. The van der Waals surface area contributed by atoms with Crippen molar-refractivity contribution in [3.8, 4) is 5.95 Å². The Hall–Kier alpha value is -4.39. The van der Waals surface area contributed by atoms with E-state index >= 15 is 0 Å². The number of nitrogen functional groups attached to an aromatic ring is 2. The molecule has 0 unspecified atom stereocenters. The van der Waals surface area contributed by atoms with Gasteiger partial charge in [0.15, 0.2) is 17.7 Å². The summed E-state index contributed by atoms with van der Waals surface area (Å²) in [6, 6.07) is 7.42. The molecule has 0 radical (unpaired) electrons. The summed E-state index contributed by atoms with van der Waals surface area (Å²) in [6.45, 7) is 0.611. The van der Waals surface area contributed by atoms with E-state index in [1.807, 2.05) is 0 Å². The van der Waals surface area contributed by atoms with Crippen LogP contribution in [-0.2, 0) is 15.9 Å². The number of hydrogen-bond acceptors (Lipinski definition) is 9. The van der Waals surface area contributed by atoms with Crippen LogP contribution in [0.1, 0.15) is 11.3 Å². The van der Waals surface area contributed by atoms with E-state index < -0.39 is 17.7 Å². The summed E-state index contributed by atoms with van der Waals surface area (Å²) in [5, 5.41) is 6.84. The largest absolute Gasteiger partial charge is 0.441 e. The number of carbonyl (C=O) groups is 1. The minimum atomic E-state index is -0.786. The highest BCUT2D eigenvalue weighted by Gasteiger charge is 2.25. The van der Waals surface area contributed by atoms with Crippen LogP contribution in [0.4, 0.5) is 30.9 Å². The fraction of sp³-hybridized carbons (Fsp3) is 0.190. The number of halogens is 2. The van der Waals surface area contributed by atoms with Gasteiger partial charge in [-0.25, -0.2) is 18.6 Å². The molecule has 13 heteroatoms. The van der Waals surface area contributed by atoms with Crippen molar-refractivity contribution in [3.63, 3.8) is 0 Å². The highest BCUT2D eigenvalue weighted by Crippen LogP contribution is 2.27. The van der Waals surface area contributed by atoms with Gasteiger partial charge in [0, 0.05) is 12.5 Å². The number of nitrogens with one attached hydrogen (secondary N) is 1. The second-order valence-electron chi connectivity index (χ2n) is 7.51. The summed E-state index contributed by atoms with van der Waals surface area (Å²) in [7, 11) is 0. The van der Waals surface area contributed by atoms with Crippen LogP contribution in [0, 0.1) is 11.6 Å². The number of nitrogens with two attached hydrogens (primary N) is 2. The van der Waals surface area contributed by atoms with Crippen LogP contribution in [0.5, 0.6) is 0 Å². The average molecular weight is 468 g/mol. The van der Waals surface area contributed by atoms with Crippen molar-refractivity contribution in [3.05, 3.63) is 59.4 Å². The summed E-state index contributed by atoms with van der Waals surface area (Å²) < 4.78 is 39.5. The monoisotopic (exact) mass is 468 g/mol. The zero-order valence-electron chi connectivity index (χ0n) is 17.5. The normalized spacial score (nSPS) is 13.6. The Morgan fingerprint density at radius 1 is 1.21 bits per heavy atom. The molecular weight excluding hydrogens is 450 g/mol. The van der Waals surface area contributed by atoms with Gasteiger partial charge < -0.3 is 20.9 Å². The molecule has 4 aromatic rings. The molecule has 0 atom stereocenters. The number of benzene rings is 1. The van der Waals surface area contributed by atoms with Crippen molar-refractivity contribution in [2.24, 2.45) is 0 Å². The third-order valence-corrected chi connectivity index (χ3v) is 5.12. The SMILES string of the molecule is Nc1nc(-n2nc(Cc3ccccc3F)c3ncc(F)cc32)nc(N)c1NC(=O)OC1COC1. The maximum absolute atomic E-state index is 14.2. The Kier molecular flexibility index (Phi) is 5.37. The molecule has 1 amide bonds. The fourth-order valence-electron chi connectivity index (χ4n) is 3.40. The Morgan fingerprint density at radius 3 is 2.62 bits per heavy atom. The van der Waals surface area contributed by atoms with Crippen LogP contribution in [0.2, 0.25) is 0 Å². The highest BCUT2D eigenvalue weighted by molar-refractivity contribution is 5.92. The minimum Gasteiger partial charge on any atom is -0.441 e. The first-order valence-electron chi connectivity index (χ1n) is 10.1. The molecule has 0 spiro atoms. The van der Waals surface area contributed by atoms with Crippen molar-refractivity contribution in [2.75, 3.05) is 30.0 Å². The molecule has 1 aliphatic rings. The molecule has 0 bridgehead atoms. The average Bonchev–Trinajstić information content (AvgIpc) is 3.12. The van der Waals surface area contributed by atoms with Gasteiger partial charge in [0.1, 0.15) is 22.8 Å². The Labute approximate surface area is 190 Å². The van der Waals surface area contributed by atoms with Crippen LogP contribution in [-0.4, -0.2) is 50.1 Å². The van der Waals surface area contributed by atoms with Gasteiger partial charge in [0.05, 0.1) is 30.6 Å². The number of ether oxygens (including phenoxy) is 2. The molecule has 1 aliphatic heterocycles. The van der Waals surface area contributed by atoms with Crippen molar-refractivity contribution in [2.45, 2.75) is 12.5 Å². The van der Waals surface area contributed by atoms with Crippen LogP contribution >= 0.6 is 0 Å². The first-order valence-corrected chi connectivity index (χ1v) is 10.1. The summed E-state index contributed by atoms with van der Waals surface area (Å²) in [6.07, 6.45) is -0.00981. The second kappa shape index (κ2) is 8.51. The van der Waals surface area contributed by atoms with E-state index in [2.05, 4.69) is 25.4 Å². The van der Waals surface area contributed by atoms with Crippen molar-refractivity contribution in [1.82, 2.24) is 24.7 Å². The molecule has 5 rings (SSSR count). The molecule has 0 aliphatic carbocycles. The minimum absolute atomic E-state index is 0.0404. The maximum atomic E-state index is 14.2. The molecule has 174 valence electrons. The number of carbonyl (C=O) groups excluding carboxylic acids is 1. The van der Waals surface area contributed by atoms with Gasteiger partial charge in [0.2, 0.25) is 0 Å². The third-order valence-electron chi connectivity index (χ3n) is 5.12. The molecule has 0 saturated carbocycles. The van der Waals surface area contributed by atoms with Gasteiger partial charge in [-0.3, -0.25) is 5.32 Å². The number of amides is 1. The van der Waals surface area contributed by atoms with E-state index in [-0.39, 0.29) is 41.3 Å². The zero-order valence-corrected chi connectivity index (χ0v) is 17.5. The predicted molar refractivity (Wildman–Crippen MR) is 117 cm³/mol. The van der Waals surface area contributed by atoms with Gasteiger partial charge in [0.25, 0.3) is 5.95 Å². The molecule has 1 saturated heterocycles. The van der Waals surface area contributed by atoms with Crippen molar-refractivity contribution < 1.29 is 23.0 Å². The topological polar surface area (TPSA) is 156 Å². The molecule has 5 N–H and O–H groups in total. The predicted octanol–water partition coefficient (Wildman–Crippen LogP) is 2.19. The van der Waals surface area contributed by atoms with Gasteiger partial charge >= 0.3 is 6.09 Å². The van der Waals surface area contributed by atoms with Crippen LogP contribution in [0.3, 0.4) is 0 Å². The van der Waals surface area contributed by atoms with E-state index in [0.717, 1.165) is 6.20 Å². The lowest BCUT2D eigenvalue weighted by molar-refractivity contribution is -0.0951. The Bertz CT molecular complexity index is 1380. The van der Waals surface area contributed by atoms with Crippen molar-refractivity contribution >= 4 is 34.4 Å².